The Morgan fingerprint density at radius 1 is 1.21 bits per heavy atom. The van der Waals surface area contributed by atoms with Gasteiger partial charge in [0.25, 0.3) is 0 Å². The molecule has 1 aliphatic carbocycles. The standard InChI is InChI=1S/C19H26N2O3/c1-13-12-20(9-10-21(13)18(23)24-19(2,3)4)17-15-8-6-5-7-14(15)11-16(17)22/h5-8,13,17H,9-12H2,1-4H3. The van der Waals surface area contributed by atoms with E-state index in [1.165, 1.54) is 0 Å². The van der Waals surface area contributed by atoms with E-state index in [2.05, 4.69) is 11.0 Å². The van der Waals surface area contributed by atoms with Crippen LogP contribution >= 0.6 is 0 Å². The van der Waals surface area contributed by atoms with E-state index in [1.807, 2.05) is 45.9 Å². The van der Waals surface area contributed by atoms with E-state index in [1.54, 1.807) is 4.90 Å². The number of ketones is 1. The lowest BCUT2D eigenvalue weighted by Crippen LogP contribution is -2.56. The fourth-order valence-corrected chi connectivity index (χ4v) is 3.63. The average molecular weight is 330 g/mol. The maximum atomic E-state index is 12.5. The Labute approximate surface area is 143 Å². The number of fused-ring (bicyclic) bond motifs is 1. The van der Waals surface area contributed by atoms with Crippen molar-refractivity contribution in [3.63, 3.8) is 0 Å². The number of amides is 1. The minimum absolute atomic E-state index is 0.0224. The monoisotopic (exact) mass is 330 g/mol. The minimum atomic E-state index is -0.492. The molecule has 2 atom stereocenters. The van der Waals surface area contributed by atoms with Crippen LogP contribution in [0.3, 0.4) is 0 Å². The zero-order valence-electron chi connectivity index (χ0n) is 14.9. The summed E-state index contributed by atoms with van der Waals surface area (Å²) in [6.45, 7) is 9.60. The summed E-state index contributed by atoms with van der Waals surface area (Å²) in [5.74, 6) is 0.258. The molecule has 3 rings (SSSR count). The summed E-state index contributed by atoms with van der Waals surface area (Å²) in [5.41, 5.74) is 1.77. The Kier molecular flexibility index (Phi) is 4.38. The van der Waals surface area contributed by atoms with Crippen molar-refractivity contribution in [2.24, 2.45) is 0 Å². The van der Waals surface area contributed by atoms with E-state index in [9.17, 15) is 9.59 Å². The molecule has 0 radical (unpaired) electrons. The zero-order chi connectivity index (χ0) is 17.5. The average Bonchev–Trinajstić information content (AvgIpc) is 2.80. The Balaban J connectivity index is 1.70. The van der Waals surface area contributed by atoms with Gasteiger partial charge in [-0.2, -0.15) is 0 Å². The van der Waals surface area contributed by atoms with Gasteiger partial charge in [0.1, 0.15) is 5.60 Å². The second-order valence-electron chi connectivity index (χ2n) is 7.76. The maximum absolute atomic E-state index is 12.5. The molecule has 1 saturated heterocycles. The molecule has 0 aromatic heterocycles. The van der Waals surface area contributed by atoms with E-state index in [0.717, 1.165) is 11.1 Å². The zero-order valence-corrected chi connectivity index (χ0v) is 14.9. The van der Waals surface area contributed by atoms with Crippen LogP contribution in [0.1, 0.15) is 44.9 Å². The summed E-state index contributed by atoms with van der Waals surface area (Å²) < 4.78 is 5.49. The summed E-state index contributed by atoms with van der Waals surface area (Å²) >= 11 is 0. The number of rotatable bonds is 1. The minimum Gasteiger partial charge on any atom is -0.444 e. The SMILES string of the molecule is CC1CN(C2C(=O)Cc3ccccc32)CCN1C(=O)OC(C)(C)C. The molecule has 0 saturated carbocycles. The quantitative estimate of drug-likeness (QED) is 0.794. The Morgan fingerprint density at radius 3 is 2.58 bits per heavy atom. The summed E-state index contributed by atoms with van der Waals surface area (Å²) in [4.78, 5) is 28.8. The fraction of sp³-hybridized carbons (Fsp3) is 0.579. The third-order valence-electron chi connectivity index (χ3n) is 4.67. The topological polar surface area (TPSA) is 49.9 Å². The molecule has 5 heteroatoms. The van der Waals surface area contributed by atoms with Crippen LogP contribution in [0, 0.1) is 0 Å². The highest BCUT2D eigenvalue weighted by atomic mass is 16.6. The smallest absolute Gasteiger partial charge is 0.410 e. The molecule has 0 N–H and O–H groups in total. The van der Waals surface area contributed by atoms with Crippen molar-refractivity contribution in [1.29, 1.82) is 0 Å². The lowest BCUT2D eigenvalue weighted by atomic mass is 10.0. The van der Waals surface area contributed by atoms with Crippen LogP contribution in [0.5, 0.6) is 0 Å². The highest BCUT2D eigenvalue weighted by molar-refractivity contribution is 5.92. The van der Waals surface area contributed by atoms with Gasteiger partial charge in [-0.15, -0.1) is 0 Å². The van der Waals surface area contributed by atoms with E-state index < -0.39 is 5.60 Å². The molecule has 1 amide bonds. The highest BCUT2D eigenvalue weighted by Gasteiger charge is 2.39. The Morgan fingerprint density at radius 2 is 1.92 bits per heavy atom. The van der Waals surface area contributed by atoms with Gasteiger partial charge in [-0.25, -0.2) is 4.79 Å². The molecule has 5 nitrogen and oxygen atoms in total. The molecule has 1 fully saturated rings. The fourth-order valence-electron chi connectivity index (χ4n) is 3.63. The number of Topliss-reactive ketones (excluding diaryl/α,β-unsaturated/α-hetero) is 1. The highest BCUT2D eigenvalue weighted by Crippen LogP contribution is 2.34. The number of nitrogens with zero attached hydrogens (tertiary/aromatic N) is 2. The van der Waals surface area contributed by atoms with Gasteiger partial charge in [-0.05, 0) is 38.8 Å². The molecule has 1 aliphatic heterocycles. The number of carbonyl (C=O) groups excluding carboxylic acids is 2. The number of ether oxygens (including phenoxy) is 1. The van der Waals surface area contributed by atoms with Crippen molar-refractivity contribution in [2.75, 3.05) is 19.6 Å². The first-order valence-corrected chi connectivity index (χ1v) is 8.60. The van der Waals surface area contributed by atoms with Crippen molar-refractivity contribution >= 4 is 11.9 Å². The first-order chi connectivity index (χ1) is 11.3. The molecule has 130 valence electrons. The van der Waals surface area contributed by atoms with Gasteiger partial charge in [0.2, 0.25) is 0 Å². The molecular formula is C19H26N2O3. The van der Waals surface area contributed by atoms with Crippen molar-refractivity contribution in [1.82, 2.24) is 9.80 Å². The number of piperazine rings is 1. The van der Waals surface area contributed by atoms with Gasteiger partial charge in [0, 0.05) is 32.1 Å². The van der Waals surface area contributed by atoms with E-state index in [4.69, 9.17) is 4.74 Å². The van der Waals surface area contributed by atoms with Crippen molar-refractivity contribution in [3.05, 3.63) is 35.4 Å². The summed E-state index contributed by atoms with van der Waals surface area (Å²) in [6.07, 6.45) is 0.245. The van der Waals surface area contributed by atoms with Crippen LogP contribution in [0.2, 0.25) is 0 Å². The van der Waals surface area contributed by atoms with Crippen LogP contribution in [-0.2, 0) is 16.0 Å². The molecular weight excluding hydrogens is 304 g/mol. The molecule has 24 heavy (non-hydrogen) atoms. The second-order valence-corrected chi connectivity index (χ2v) is 7.76. The first kappa shape index (κ1) is 17.0. The maximum Gasteiger partial charge on any atom is 0.410 e. The number of hydrogen-bond donors (Lipinski definition) is 0. The first-order valence-electron chi connectivity index (χ1n) is 8.60. The van der Waals surface area contributed by atoms with Crippen molar-refractivity contribution in [2.45, 2.75) is 51.8 Å². The summed E-state index contributed by atoms with van der Waals surface area (Å²) in [5, 5.41) is 0. The molecule has 0 bridgehead atoms. The van der Waals surface area contributed by atoms with Gasteiger partial charge in [0.05, 0.1) is 6.04 Å². The van der Waals surface area contributed by atoms with Crippen molar-refractivity contribution < 1.29 is 14.3 Å². The normalized spacial score (nSPS) is 24.8. The Bertz CT molecular complexity index is 650. The largest absolute Gasteiger partial charge is 0.444 e. The Hall–Kier alpha value is -1.88. The summed E-state index contributed by atoms with van der Waals surface area (Å²) in [6, 6.07) is 7.92. The molecule has 1 aromatic rings. The number of carbonyl (C=O) groups is 2. The van der Waals surface area contributed by atoms with Gasteiger partial charge >= 0.3 is 6.09 Å². The second kappa shape index (κ2) is 6.20. The third kappa shape index (κ3) is 3.31. The summed E-state index contributed by atoms with van der Waals surface area (Å²) in [7, 11) is 0. The predicted molar refractivity (Wildman–Crippen MR) is 91.9 cm³/mol. The van der Waals surface area contributed by atoms with E-state index in [0.29, 0.717) is 26.1 Å². The number of hydrogen-bond acceptors (Lipinski definition) is 4. The van der Waals surface area contributed by atoms with Gasteiger partial charge in [-0.3, -0.25) is 9.69 Å². The molecule has 2 aliphatic rings. The van der Waals surface area contributed by atoms with Gasteiger partial charge in [0.15, 0.2) is 5.78 Å². The lowest BCUT2D eigenvalue weighted by molar-refractivity contribution is -0.123. The van der Waals surface area contributed by atoms with Gasteiger partial charge in [-0.1, -0.05) is 24.3 Å². The number of benzene rings is 1. The van der Waals surface area contributed by atoms with Crippen molar-refractivity contribution in [3.8, 4) is 0 Å². The van der Waals surface area contributed by atoms with E-state index >= 15 is 0 Å². The molecule has 1 aromatic carbocycles. The van der Waals surface area contributed by atoms with E-state index in [-0.39, 0.29) is 24.0 Å². The predicted octanol–water partition coefficient (Wildman–Crippen LogP) is 2.79. The van der Waals surface area contributed by atoms with Crippen LogP contribution in [-0.4, -0.2) is 53.0 Å². The van der Waals surface area contributed by atoms with Crippen LogP contribution in [0.25, 0.3) is 0 Å². The van der Waals surface area contributed by atoms with Crippen LogP contribution < -0.4 is 0 Å². The molecule has 1 heterocycles. The third-order valence-corrected chi connectivity index (χ3v) is 4.67. The van der Waals surface area contributed by atoms with Crippen LogP contribution in [0.15, 0.2) is 24.3 Å². The molecule has 0 spiro atoms. The molecule has 2 unspecified atom stereocenters. The van der Waals surface area contributed by atoms with Gasteiger partial charge < -0.3 is 9.64 Å². The lowest BCUT2D eigenvalue weighted by Gasteiger charge is -2.42. The van der Waals surface area contributed by atoms with Crippen LogP contribution in [0.4, 0.5) is 4.79 Å².